The van der Waals surface area contributed by atoms with Crippen LogP contribution in [0.4, 0.5) is 4.39 Å². The van der Waals surface area contributed by atoms with E-state index in [0.717, 1.165) is 22.4 Å². The molecule has 37 heavy (non-hydrogen) atoms. The van der Waals surface area contributed by atoms with Gasteiger partial charge in [-0.2, -0.15) is 0 Å². The third-order valence-electron chi connectivity index (χ3n) is 6.80. The van der Waals surface area contributed by atoms with E-state index in [4.69, 9.17) is 9.47 Å². The van der Waals surface area contributed by atoms with Gasteiger partial charge in [-0.25, -0.2) is 9.37 Å². The number of aliphatic hydroxyl groups excluding tert-OH is 1. The summed E-state index contributed by atoms with van der Waals surface area (Å²) in [6, 6.07) is 15.5. The first-order chi connectivity index (χ1) is 17.8. The van der Waals surface area contributed by atoms with Gasteiger partial charge in [0.25, 0.3) is 5.91 Å². The number of nitrogens with zero attached hydrogens (tertiary/aromatic N) is 3. The number of aromatic nitrogens is 1. The maximum Gasteiger partial charge on any atom is 0.259 e. The van der Waals surface area contributed by atoms with Gasteiger partial charge in [-0.15, -0.1) is 0 Å². The molecule has 0 aliphatic carbocycles. The fraction of sp³-hybridized carbons (Fsp3) is 0.379. The number of hydrogen-bond donors (Lipinski definition) is 1. The van der Waals surface area contributed by atoms with Crippen LogP contribution >= 0.6 is 0 Å². The smallest absolute Gasteiger partial charge is 0.259 e. The highest BCUT2D eigenvalue weighted by molar-refractivity contribution is 5.98. The summed E-state index contributed by atoms with van der Waals surface area (Å²) in [5, 5.41) is 9.89. The number of fused-ring (bicyclic) bond motifs is 1. The lowest BCUT2D eigenvalue weighted by molar-refractivity contribution is 0.0325. The molecule has 1 aliphatic heterocycles. The first-order valence-electron chi connectivity index (χ1n) is 12.4. The van der Waals surface area contributed by atoms with Crippen LogP contribution in [0.3, 0.4) is 0 Å². The molecule has 3 aromatic rings. The standard InChI is InChI=1S/C29H34FN3O4/c1-19-15-33(20(2)18-34)29(35)26-13-23(22-7-11-25(36-4)12-8-22)14-31-28(26)37-27(19)17-32(3)16-21-5-9-24(30)10-6-21/h5-14,19-20,27,34H,15-18H2,1-4H3/t19-,20+,27-/m0/s1. The van der Waals surface area contributed by atoms with Crippen molar-refractivity contribution >= 4 is 5.91 Å². The van der Waals surface area contributed by atoms with Gasteiger partial charge in [-0.1, -0.05) is 31.2 Å². The van der Waals surface area contributed by atoms with Gasteiger partial charge >= 0.3 is 0 Å². The third-order valence-corrected chi connectivity index (χ3v) is 6.80. The Hall–Kier alpha value is -3.49. The van der Waals surface area contributed by atoms with Gasteiger partial charge in [0.05, 0.1) is 19.8 Å². The average molecular weight is 508 g/mol. The second-order valence-electron chi connectivity index (χ2n) is 9.75. The normalized spacial score (nSPS) is 18.6. The zero-order valence-electron chi connectivity index (χ0n) is 21.7. The van der Waals surface area contributed by atoms with E-state index in [0.29, 0.717) is 25.2 Å². The fourth-order valence-corrected chi connectivity index (χ4v) is 4.53. The largest absolute Gasteiger partial charge is 0.497 e. The number of aliphatic hydroxyl groups is 1. The third kappa shape index (κ3) is 6.26. The van der Waals surface area contributed by atoms with Crippen LogP contribution < -0.4 is 9.47 Å². The van der Waals surface area contributed by atoms with Crippen molar-refractivity contribution in [1.82, 2.24) is 14.8 Å². The number of carbonyl (C=O) groups is 1. The van der Waals surface area contributed by atoms with E-state index in [-0.39, 0.29) is 42.3 Å². The molecule has 0 spiro atoms. The molecule has 0 radical (unpaired) electrons. The number of pyridine rings is 1. The summed E-state index contributed by atoms with van der Waals surface area (Å²) < 4.78 is 25.0. The quantitative estimate of drug-likeness (QED) is 0.492. The predicted molar refractivity (Wildman–Crippen MR) is 140 cm³/mol. The van der Waals surface area contributed by atoms with Gasteiger partial charge in [-0.3, -0.25) is 9.69 Å². The summed E-state index contributed by atoms with van der Waals surface area (Å²) in [5.41, 5.74) is 3.05. The molecular weight excluding hydrogens is 473 g/mol. The van der Waals surface area contributed by atoms with E-state index < -0.39 is 0 Å². The van der Waals surface area contributed by atoms with Crippen molar-refractivity contribution in [1.29, 1.82) is 0 Å². The van der Waals surface area contributed by atoms with Crippen molar-refractivity contribution in [2.24, 2.45) is 5.92 Å². The number of hydrogen-bond acceptors (Lipinski definition) is 6. The fourth-order valence-electron chi connectivity index (χ4n) is 4.53. The molecule has 7 nitrogen and oxygen atoms in total. The Morgan fingerprint density at radius 3 is 2.54 bits per heavy atom. The number of methoxy groups -OCH3 is 1. The highest BCUT2D eigenvalue weighted by Gasteiger charge is 2.34. The minimum Gasteiger partial charge on any atom is -0.497 e. The van der Waals surface area contributed by atoms with E-state index in [1.54, 1.807) is 36.4 Å². The summed E-state index contributed by atoms with van der Waals surface area (Å²) in [5.74, 6) is 0.521. The Labute approximate surface area is 217 Å². The van der Waals surface area contributed by atoms with E-state index in [1.807, 2.05) is 45.2 Å². The lowest BCUT2D eigenvalue weighted by Crippen LogP contribution is -2.49. The van der Waals surface area contributed by atoms with Gasteiger partial charge in [0.2, 0.25) is 5.88 Å². The van der Waals surface area contributed by atoms with Gasteiger partial charge in [0, 0.05) is 37.3 Å². The van der Waals surface area contributed by atoms with Gasteiger partial charge < -0.3 is 19.5 Å². The number of likely N-dealkylation sites (N-methyl/N-ethyl adjacent to an activating group) is 1. The average Bonchev–Trinajstić information content (AvgIpc) is 2.91. The number of halogens is 1. The number of ether oxygens (including phenoxy) is 2. The van der Waals surface area contributed by atoms with E-state index in [2.05, 4.69) is 9.88 Å². The number of carbonyl (C=O) groups excluding carboxylic acids is 1. The summed E-state index contributed by atoms with van der Waals surface area (Å²) in [7, 11) is 3.60. The van der Waals surface area contributed by atoms with Crippen molar-refractivity contribution in [3.63, 3.8) is 0 Å². The molecule has 2 heterocycles. The highest BCUT2D eigenvalue weighted by Crippen LogP contribution is 2.31. The van der Waals surface area contributed by atoms with Crippen molar-refractivity contribution in [3.8, 4) is 22.8 Å². The van der Waals surface area contributed by atoms with Gasteiger partial charge in [-0.05, 0) is 55.4 Å². The number of rotatable bonds is 8. The second kappa shape index (κ2) is 11.7. The van der Waals surface area contributed by atoms with Gasteiger partial charge in [0.15, 0.2) is 0 Å². The van der Waals surface area contributed by atoms with Crippen LogP contribution in [0.2, 0.25) is 0 Å². The van der Waals surface area contributed by atoms with Crippen LogP contribution in [0.1, 0.15) is 29.8 Å². The van der Waals surface area contributed by atoms with E-state index in [1.165, 1.54) is 12.1 Å². The molecule has 2 aromatic carbocycles. The number of benzene rings is 2. The maximum atomic E-state index is 13.7. The number of amides is 1. The minimum atomic E-state index is -0.358. The van der Waals surface area contributed by atoms with Crippen LogP contribution in [0.5, 0.6) is 11.6 Å². The molecule has 196 valence electrons. The van der Waals surface area contributed by atoms with Gasteiger partial charge in [0.1, 0.15) is 23.2 Å². The van der Waals surface area contributed by atoms with Crippen molar-refractivity contribution in [2.45, 2.75) is 32.5 Å². The SMILES string of the molecule is COc1ccc(-c2cnc3c(c2)C(=O)N([C@H](C)CO)C[C@H](C)[C@H](CN(C)Cc2ccc(F)cc2)O3)cc1. The monoisotopic (exact) mass is 507 g/mol. The molecular formula is C29H34FN3O4. The molecule has 1 amide bonds. The van der Waals surface area contributed by atoms with Crippen molar-refractivity contribution in [2.75, 3.05) is 33.9 Å². The minimum absolute atomic E-state index is 0.0233. The highest BCUT2D eigenvalue weighted by atomic mass is 19.1. The van der Waals surface area contributed by atoms with Crippen LogP contribution in [0.25, 0.3) is 11.1 Å². The molecule has 0 bridgehead atoms. The van der Waals surface area contributed by atoms with Crippen LogP contribution in [0.15, 0.2) is 60.8 Å². The Morgan fingerprint density at radius 1 is 1.19 bits per heavy atom. The molecule has 8 heteroatoms. The van der Waals surface area contributed by atoms with E-state index >= 15 is 0 Å². The van der Waals surface area contributed by atoms with Crippen LogP contribution in [-0.4, -0.2) is 71.8 Å². The lowest BCUT2D eigenvalue weighted by atomic mass is 9.99. The van der Waals surface area contributed by atoms with Crippen LogP contribution in [-0.2, 0) is 6.54 Å². The summed E-state index contributed by atoms with van der Waals surface area (Å²) in [4.78, 5) is 22.0. The Morgan fingerprint density at radius 2 is 1.89 bits per heavy atom. The lowest BCUT2D eigenvalue weighted by Gasteiger charge is -2.37. The molecule has 3 atom stereocenters. The second-order valence-corrected chi connectivity index (χ2v) is 9.75. The molecule has 4 rings (SSSR count). The van der Waals surface area contributed by atoms with Crippen LogP contribution in [0, 0.1) is 11.7 Å². The molecule has 1 aliphatic rings. The summed E-state index contributed by atoms with van der Waals surface area (Å²) >= 11 is 0. The first kappa shape index (κ1) is 26.6. The molecule has 1 aromatic heterocycles. The first-order valence-corrected chi connectivity index (χ1v) is 12.4. The maximum absolute atomic E-state index is 13.7. The van der Waals surface area contributed by atoms with Crippen molar-refractivity contribution < 1.29 is 23.8 Å². The topological polar surface area (TPSA) is 75.1 Å². The summed E-state index contributed by atoms with van der Waals surface area (Å²) in [6.07, 6.45) is 1.45. The molecule has 0 saturated carbocycles. The van der Waals surface area contributed by atoms with Crippen molar-refractivity contribution in [3.05, 3.63) is 77.7 Å². The zero-order chi connectivity index (χ0) is 26.5. The molecule has 0 fully saturated rings. The summed E-state index contributed by atoms with van der Waals surface area (Å²) in [6.45, 7) is 5.37. The zero-order valence-corrected chi connectivity index (χ0v) is 21.7. The Bertz CT molecular complexity index is 1200. The predicted octanol–water partition coefficient (Wildman–Crippen LogP) is 4.25. The Kier molecular flexibility index (Phi) is 8.41. The van der Waals surface area contributed by atoms with E-state index in [9.17, 15) is 14.3 Å². The molecule has 0 saturated heterocycles. The molecule has 0 unspecified atom stereocenters. The Balaban J connectivity index is 1.64. The molecule has 1 N–H and O–H groups in total.